The maximum absolute atomic E-state index is 12.2. The molecular weight excluding hydrogens is 456 g/mol. The third-order valence-electron chi connectivity index (χ3n) is 5.34. The summed E-state index contributed by atoms with van der Waals surface area (Å²) in [5, 5.41) is 51.2. The van der Waals surface area contributed by atoms with Crippen LogP contribution < -0.4 is 0 Å². The fourth-order valence-electron chi connectivity index (χ4n) is 3.43. The zero-order valence-corrected chi connectivity index (χ0v) is 17.7. The topological polar surface area (TPSA) is 197 Å². The van der Waals surface area contributed by atoms with Crippen molar-refractivity contribution in [3.63, 3.8) is 0 Å². The van der Waals surface area contributed by atoms with Gasteiger partial charge in [0.15, 0.2) is 24.0 Å². The predicted molar refractivity (Wildman–Crippen MR) is 109 cm³/mol. The second-order valence-electron chi connectivity index (χ2n) is 8.16. The molecule has 0 bridgehead atoms. The molecule has 5 N–H and O–H groups in total. The number of aliphatic hydroxyl groups is 5. The van der Waals surface area contributed by atoms with Crippen LogP contribution in [-0.2, 0) is 33.4 Å². The van der Waals surface area contributed by atoms with Crippen LogP contribution in [0.3, 0.4) is 0 Å². The number of ketones is 2. The van der Waals surface area contributed by atoms with Gasteiger partial charge in [0.05, 0.1) is 12.8 Å². The highest BCUT2D eigenvalue weighted by Crippen LogP contribution is 2.26. The summed E-state index contributed by atoms with van der Waals surface area (Å²) in [5.41, 5.74) is -3.53. The van der Waals surface area contributed by atoms with E-state index in [4.69, 9.17) is 14.2 Å². The maximum Gasteiger partial charge on any atom is 0.309 e. The first kappa shape index (κ1) is 25.6. The number of ether oxygens (including phenoxy) is 3. The monoisotopic (exact) mass is 480 g/mol. The van der Waals surface area contributed by atoms with Crippen LogP contribution in [0.4, 0.5) is 0 Å². The number of hydrogen-bond donors (Lipinski definition) is 5. The van der Waals surface area contributed by atoms with Crippen molar-refractivity contribution < 1.29 is 58.9 Å². The summed E-state index contributed by atoms with van der Waals surface area (Å²) in [4.78, 5) is 46.5. The first-order chi connectivity index (χ1) is 15.9. The minimum atomic E-state index is -1.90. The zero-order valence-electron chi connectivity index (χ0n) is 17.7. The molecule has 1 fully saturated rings. The smallest absolute Gasteiger partial charge is 0.309 e. The lowest BCUT2D eigenvalue weighted by molar-refractivity contribution is -0.292. The van der Waals surface area contributed by atoms with E-state index >= 15 is 0 Å². The van der Waals surface area contributed by atoms with E-state index in [1.807, 2.05) is 0 Å². The van der Waals surface area contributed by atoms with Gasteiger partial charge < -0.3 is 39.7 Å². The summed E-state index contributed by atoms with van der Waals surface area (Å²) in [6.07, 6.45) is -1.01. The van der Waals surface area contributed by atoms with Gasteiger partial charge in [0, 0.05) is 0 Å². The fraction of sp³-hybridized carbons (Fsp3) is 0.455. The van der Waals surface area contributed by atoms with Gasteiger partial charge in [0.1, 0.15) is 36.1 Å². The standard InChI is InChI=1S/C22H24O12/c23-12-1-5-21(30,6-2-12)9-15(25)32-11-14-17(27)18(28)19(20(29)33-14)34-16(26)10-22(31)7-3-13(24)4-8-22/h1-8,14,17-20,27-31H,9-11H2/t14-,17-,18+,19-,20+/m1/s1. The van der Waals surface area contributed by atoms with E-state index in [0.717, 1.165) is 48.6 Å². The molecule has 0 radical (unpaired) electrons. The minimum absolute atomic E-state index is 0.356. The van der Waals surface area contributed by atoms with E-state index < -0.39 is 73.3 Å². The van der Waals surface area contributed by atoms with Crippen LogP contribution in [-0.4, -0.2) is 97.6 Å². The van der Waals surface area contributed by atoms with Crippen LogP contribution in [0.25, 0.3) is 0 Å². The Bertz CT molecular complexity index is 927. The van der Waals surface area contributed by atoms with Gasteiger partial charge in [-0.25, -0.2) is 0 Å². The molecule has 2 aliphatic carbocycles. The summed E-state index contributed by atoms with van der Waals surface area (Å²) < 4.78 is 15.0. The van der Waals surface area contributed by atoms with Gasteiger partial charge in [-0.2, -0.15) is 0 Å². The molecule has 0 saturated carbocycles. The van der Waals surface area contributed by atoms with Gasteiger partial charge in [-0.15, -0.1) is 0 Å². The van der Waals surface area contributed by atoms with E-state index in [0.29, 0.717) is 0 Å². The van der Waals surface area contributed by atoms with Crippen molar-refractivity contribution >= 4 is 23.5 Å². The molecule has 34 heavy (non-hydrogen) atoms. The van der Waals surface area contributed by atoms with Crippen LogP contribution in [0.15, 0.2) is 48.6 Å². The largest absolute Gasteiger partial charge is 0.463 e. The molecule has 1 aliphatic heterocycles. The molecule has 0 amide bonds. The second-order valence-corrected chi connectivity index (χ2v) is 8.16. The number of allylic oxidation sites excluding steroid dienone is 4. The zero-order chi connectivity index (χ0) is 25.1. The van der Waals surface area contributed by atoms with E-state index in [-0.39, 0.29) is 11.6 Å². The van der Waals surface area contributed by atoms with Crippen molar-refractivity contribution in [2.45, 2.75) is 54.7 Å². The van der Waals surface area contributed by atoms with Crippen molar-refractivity contribution in [1.82, 2.24) is 0 Å². The van der Waals surface area contributed by atoms with Crippen LogP contribution in [0.5, 0.6) is 0 Å². The molecule has 0 aromatic heterocycles. The Morgan fingerprint density at radius 2 is 1.29 bits per heavy atom. The molecular formula is C22H24O12. The lowest BCUT2D eigenvalue weighted by Crippen LogP contribution is -2.60. The van der Waals surface area contributed by atoms with Crippen molar-refractivity contribution in [2.75, 3.05) is 6.61 Å². The van der Waals surface area contributed by atoms with Gasteiger partial charge in [0.25, 0.3) is 0 Å². The van der Waals surface area contributed by atoms with Gasteiger partial charge in [0.2, 0.25) is 0 Å². The molecule has 1 saturated heterocycles. The van der Waals surface area contributed by atoms with E-state index in [1.165, 1.54) is 0 Å². The number of esters is 2. The van der Waals surface area contributed by atoms with Crippen molar-refractivity contribution in [1.29, 1.82) is 0 Å². The number of carbonyl (C=O) groups is 4. The highest BCUT2D eigenvalue weighted by Gasteiger charge is 2.47. The van der Waals surface area contributed by atoms with Gasteiger partial charge >= 0.3 is 11.9 Å². The van der Waals surface area contributed by atoms with Gasteiger partial charge in [-0.1, -0.05) is 0 Å². The fourth-order valence-corrected chi connectivity index (χ4v) is 3.43. The summed E-state index contributed by atoms with van der Waals surface area (Å²) in [7, 11) is 0. The van der Waals surface area contributed by atoms with E-state index in [9.17, 15) is 44.7 Å². The Kier molecular flexibility index (Phi) is 7.60. The van der Waals surface area contributed by atoms with Crippen LogP contribution in [0.1, 0.15) is 12.8 Å². The molecule has 12 nitrogen and oxygen atoms in total. The minimum Gasteiger partial charge on any atom is -0.463 e. The molecule has 0 spiro atoms. The molecule has 0 unspecified atom stereocenters. The van der Waals surface area contributed by atoms with Gasteiger partial charge in [-0.3, -0.25) is 19.2 Å². The first-order valence-electron chi connectivity index (χ1n) is 10.2. The molecule has 1 heterocycles. The van der Waals surface area contributed by atoms with Gasteiger partial charge in [-0.05, 0) is 48.6 Å². The number of hydrogen-bond acceptors (Lipinski definition) is 12. The number of carbonyl (C=O) groups excluding carboxylic acids is 4. The van der Waals surface area contributed by atoms with Crippen molar-refractivity contribution in [3.05, 3.63) is 48.6 Å². The average Bonchev–Trinajstić information content (AvgIpc) is 2.77. The number of aliphatic hydroxyl groups excluding tert-OH is 3. The van der Waals surface area contributed by atoms with Crippen LogP contribution >= 0.6 is 0 Å². The Hall–Kier alpha value is -3.00. The number of rotatable bonds is 7. The van der Waals surface area contributed by atoms with Crippen molar-refractivity contribution in [3.8, 4) is 0 Å². The Labute approximate surface area is 193 Å². The third-order valence-corrected chi connectivity index (χ3v) is 5.34. The lowest BCUT2D eigenvalue weighted by Gasteiger charge is -2.40. The molecule has 12 heteroatoms. The Balaban J connectivity index is 1.51. The summed E-state index contributed by atoms with van der Waals surface area (Å²) in [6, 6.07) is 0. The SMILES string of the molecule is O=C1C=CC(O)(CC(=O)OC[C@H]2O[C@H](O)[C@H](OC(=O)CC3(O)C=CC(=O)C=C3)[C@@H](O)[C@@H]2O)C=C1. The highest BCUT2D eigenvalue weighted by molar-refractivity contribution is 6.01. The molecule has 184 valence electrons. The molecule has 0 aromatic rings. The van der Waals surface area contributed by atoms with E-state index in [1.54, 1.807) is 0 Å². The quantitative estimate of drug-likeness (QED) is 0.241. The van der Waals surface area contributed by atoms with E-state index in [2.05, 4.69) is 0 Å². The maximum atomic E-state index is 12.2. The first-order valence-corrected chi connectivity index (χ1v) is 10.2. The average molecular weight is 480 g/mol. The Morgan fingerprint density at radius 1 is 0.824 bits per heavy atom. The molecule has 3 aliphatic rings. The molecule has 5 atom stereocenters. The van der Waals surface area contributed by atoms with Crippen LogP contribution in [0.2, 0.25) is 0 Å². The van der Waals surface area contributed by atoms with Crippen LogP contribution in [0, 0.1) is 0 Å². The second kappa shape index (κ2) is 10.1. The highest BCUT2D eigenvalue weighted by atomic mass is 16.7. The summed E-state index contributed by atoms with van der Waals surface area (Å²) in [6.45, 7) is -0.611. The predicted octanol–water partition coefficient (Wildman–Crippen LogP) is -2.49. The normalized spacial score (nSPS) is 31.4. The lowest BCUT2D eigenvalue weighted by atomic mass is 9.94. The third kappa shape index (κ3) is 6.32. The van der Waals surface area contributed by atoms with Crippen molar-refractivity contribution in [2.24, 2.45) is 0 Å². The Morgan fingerprint density at radius 3 is 1.79 bits per heavy atom. The summed E-state index contributed by atoms with van der Waals surface area (Å²) in [5.74, 6) is -2.71. The molecule has 3 rings (SSSR count). The molecule has 0 aromatic carbocycles. The summed E-state index contributed by atoms with van der Waals surface area (Å²) >= 11 is 0.